The van der Waals surface area contributed by atoms with Crippen LogP contribution < -0.4 is 11.1 Å². The molecule has 200 valence electrons. The minimum atomic E-state index is -0.591. The normalized spacial score (nSPS) is 14.6. The molecule has 1 aromatic heterocycles. The van der Waals surface area contributed by atoms with Crippen LogP contribution in [-0.2, 0) is 9.59 Å². The predicted molar refractivity (Wildman–Crippen MR) is 154 cm³/mol. The molecule has 0 saturated carbocycles. The van der Waals surface area contributed by atoms with Gasteiger partial charge in [0.25, 0.3) is 0 Å². The predicted octanol–water partition coefficient (Wildman–Crippen LogP) is 7.49. The zero-order valence-electron chi connectivity index (χ0n) is 22.7. The van der Waals surface area contributed by atoms with Crippen LogP contribution in [0.25, 0.3) is 0 Å². The van der Waals surface area contributed by atoms with Crippen LogP contribution in [0.15, 0.2) is 23.2 Å². The lowest BCUT2D eigenvalue weighted by Crippen LogP contribution is -2.34. The number of rotatable bonds is 21. The van der Waals surface area contributed by atoms with Crippen LogP contribution in [0, 0.1) is 17.8 Å². The molecule has 5 nitrogen and oxygen atoms in total. The highest BCUT2D eigenvalue weighted by atomic mass is 32.2. The van der Waals surface area contributed by atoms with Crippen molar-refractivity contribution < 1.29 is 9.59 Å². The van der Waals surface area contributed by atoms with Crippen LogP contribution in [-0.4, -0.2) is 34.2 Å². The highest BCUT2D eigenvalue weighted by Gasteiger charge is 2.20. The van der Waals surface area contributed by atoms with Gasteiger partial charge in [-0.05, 0) is 37.5 Å². The van der Waals surface area contributed by atoms with Crippen molar-refractivity contribution in [1.82, 2.24) is 4.98 Å². The maximum Gasteiger partial charge on any atom is 0.224 e. The first-order valence-electron chi connectivity index (χ1n) is 13.4. The largest absolute Gasteiger partial charge is 0.369 e. The van der Waals surface area contributed by atoms with E-state index < -0.39 is 11.9 Å². The number of amides is 1. The van der Waals surface area contributed by atoms with Gasteiger partial charge in [-0.25, -0.2) is 4.98 Å². The van der Waals surface area contributed by atoms with Gasteiger partial charge in [-0.1, -0.05) is 84.3 Å². The number of hydrogen-bond donors (Lipinski definition) is 2. The summed E-state index contributed by atoms with van der Waals surface area (Å²) in [6.07, 6.45) is 15.6. The Morgan fingerprint density at radius 3 is 2.26 bits per heavy atom. The number of primary amides is 1. The third kappa shape index (κ3) is 16.9. The van der Waals surface area contributed by atoms with E-state index >= 15 is 0 Å². The van der Waals surface area contributed by atoms with E-state index in [-0.39, 0.29) is 12.2 Å². The van der Waals surface area contributed by atoms with Gasteiger partial charge in [0.05, 0.1) is 12.5 Å². The SMILES string of the molecule is CC(=CCSCC(Nc1nccs1)C(=O)CC(N)=O)CCCC(C)CCCC(C)CCCC(C)C. The van der Waals surface area contributed by atoms with Gasteiger partial charge in [0, 0.05) is 23.1 Å². The number of carbonyl (C=O) groups is 2. The van der Waals surface area contributed by atoms with E-state index in [1.165, 1.54) is 68.3 Å². The topological polar surface area (TPSA) is 85.1 Å². The van der Waals surface area contributed by atoms with E-state index in [0.29, 0.717) is 10.9 Å². The van der Waals surface area contributed by atoms with Crippen molar-refractivity contribution in [2.24, 2.45) is 23.5 Å². The van der Waals surface area contributed by atoms with Crippen molar-refractivity contribution in [3.05, 3.63) is 23.2 Å². The first kappa shape index (κ1) is 31.7. The van der Waals surface area contributed by atoms with Gasteiger partial charge in [-0.15, -0.1) is 11.3 Å². The Balaban J connectivity index is 2.22. The first-order chi connectivity index (χ1) is 16.7. The van der Waals surface area contributed by atoms with E-state index in [4.69, 9.17) is 5.73 Å². The van der Waals surface area contributed by atoms with Crippen molar-refractivity contribution in [3.8, 4) is 0 Å². The summed E-state index contributed by atoms with van der Waals surface area (Å²) in [6.45, 7) is 11.7. The minimum Gasteiger partial charge on any atom is -0.369 e. The number of hydrogen-bond acceptors (Lipinski definition) is 6. The van der Waals surface area contributed by atoms with Crippen molar-refractivity contribution in [2.45, 2.75) is 105 Å². The molecule has 0 fully saturated rings. The number of Topliss-reactive ketones (excluding diaryl/α,β-unsaturated/α-hetero) is 1. The zero-order valence-corrected chi connectivity index (χ0v) is 24.3. The third-order valence-corrected chi connectivity index (χ3v) is 8.12. The summed E-state index contributed by atoms with van der Waals surface area (Å²) in [5, 5.41) is 5.69. The molecule has 0 saturated heterocycles. The average Bonchev–Trinajstić information content (AvgIpc) is 3.28. The molecule has 1 amide bonds. The highest BCUT2D eigenvalue weighted by Crippen LogP contribution is 2.22. The molecule has 0 spiro atoms. The van der Waals surface area contributed by atoms with Crippen LogP contribution in [0.2, 0.25) is 0 Å². The Bertz CT molecular complexity index is 735. The molecule has 3 atom stereocenters. The second kappa shape index (κ2) is 18.9. The van der Waals surface area contributed by atoms with Crippen molar-refractivity contribution in [2.75, 3.05) is 16.8 Å². The molecular formula is C28H49N3O2S2. The summed E-state index contributed by atoms with van der Waals surface area (Å²) in [4.78, 5) is 27.7. The number of nitrogens with two attached hydrogens (primary N) is 1. The van der Waals surface area contributed by atoms with Crippen LogP contribution in [0.1, 0.15) is 98.8 Å². The summed E-state index contributed by atoms with van der Waals surface area (Å²) < 4.78 is 0. The summed E-state index contributed by atoms with van der Waals surface area (Å²) >= 11 is 3.13. The summed E-state index contributed by atoms with van der Waals surface area (Å²) in [6, 6.07) is -0.453. The monoisotopic (exact) mass is 523 g/mol. The van der Waals surface area contributed by atoms with Crippen molar-refractivity contribution >= 4 is 39.9 Å². The number of carbonyl (C=O) groups excluding carboxylic acids is 2. The summed E-state index contributed by atoms with van der Waals surface area (Å²) in [5.41, 5.74) is 6.63. The standard InChI is InChI=1S/C28H49N3O2S2/c1-21(2)9-6-10-22(3)11-7-12-23(4)13-8-14-24(5)15-17-34-20-25(26(32)19-27(29)33)31-28-30-16-18-35-28/h15-16,18,21-23,25H,6-14,17,19-20H2,1-5H3,(H2,29,33)(H,30,31). The smallest absolute Gasteiger partial charge is 0.224 e. The number of anilines is 1. The molecular weight excluding hydrogens is 474 g/mol. The molecule has 1 rings (SSSR count). The Kier molecular flexibility index (Phi) is 17.1. The fraction of sp³-hybridized carbons (Fsp3) is 0.750. The van der Waals surface area contributed by atoms with E-state index in [1.54, 1.807) is 18.0 Å². The number of allylic oxidation sites excluding steroid dienone is 1. The molecule has 0 aliphatic rings. The second-order valence-corrected chi connectivity index (χ2v) is 12.6. The fourth-order valence-electron chi connectivity index (χ4n) is 4.15. The van der Waals surface area contributed by atoms with Gasteiger partial charge in [-0.2, -0.15) is 11.8 Å². The van der Waals surface area contributed by atoms with Crippen LogP contribution >= 0.6 is 23.1 Å². The maximum absolute atomic E-state index is 12.4. The first-order valence-corrected chi connectivity index (χ1v) is 15.4. The molecule has 0 aliphatic heterocycles. The molecule has 35 heavy (non-hydrogen) atoms. The van der Waals surface area contributed by atoms with E-state index in [0.717, 1.165) is 29.9 Å². The minimum absolute atomic E-state index is 0.181. The van der Waals surface area contributed by atoms with E-state index in [2.05, 4.69) is 51.0 Å². The fourth-order valence-corrected chi connectivity index (χ4v) is 5.78. The summed E-state index contributed by atoms with van der Waals surface area (Å²) in [5.74, 6) is 3.17. The van der Waals surface area contributed by atoms with Gasteiger partial charge in [0.2, 0.25) is 5.91 Å². The van der Waals surface area contributed by atoms with Gasteiger partial charge in [-0.3, -0.25) is 9.59 Å². The number of nitrogens with one attached hydrogen (secondary N) is 1. The Morgan fingerprint density at radius 2 is 1.69 bits per heavy atom. The van der Waals surface area contributed by atoms with Gasteiger partial charge < -0.3 is 11.1 Å². The van der Waals surface area contributed by atoms with E-state index in [9.17, 15) is 9.59 Å². The molecule has 0 aliphatic carbocycles. The lowest BCUT2D eigenvalue weighted by molar-refractivity contribution is -0.126. The Morgan fingerprint density at radius 1 is 1.06 bits per heavy atom. The van der Waals surface area contributed by atoms with Crippen molar-refractivity contribution in [1.29, 1.82) is 0 Å². The maximum atomic E-state index is 12.4. The molecule has 3 N–H and O–H groups in total. The quantitative estimate of drug-likeness (QED) is 0.0990. The zero-order chi connectivity index (χ0) is 26.1. The lowest BCUT2D eigenvalue weighted by Gasteiger charge is -2.16. The van der Waals surface area contributed by atoms with Crippen molar-refractivity contribution in [3.63, 3.8) is 0 Å². The third-order valence-electron chi connectivity index (χ3n) is 6.44. The average molecular weight is 524 g/mol. The summed E-state index contributed by atoms with van der Waals surface area (Å²) in [7, 11) is 0. The van der Waals surface area contributed by atoms with Crippen LogP contribution in [0.5, 0.6) is 0 Å². The number of nitrogens with zero attached hydrogens (tertiary/aromatic N) is 1. The molecule has 0 bridgehead atoms. The highest BCUT2D eigenvalue weighted by molar-refractivity contribution is 7.99. The number of thioether (sulfide) groups is 1. The Labute approximate surface area is 222 Å². The molecule has 7 heteroatoms. The number of thiazole rings is 1. The lowest BCUT2D eigenvalue weighted by atomic mass is 9.91. The molecule has 0 radical (unpaired) electrons. The van der Waals surface area contributed by atoms with Gasteiger partial charge in [0.1, 0.15) is 0 Å². The van der Waals surface area contributed by atoms with Gasteiger partial charge in [0.15, 0.2) is 10.9 Å². The number of aromatic nitrogens is 1. The van der Waals surface area contributed by atoms with E-state index in [1.807, 2.05) is 5.38 Å². The Hall–Kier alpha value is -1.34. The van der Waals surface area contributed by atoms with Crippen LogP contribution in [0.3, 0.4) is 0 Å². The van der Waals surface area contributed by atoms with Crippen LogP contribution in [0.4, 0.5) is 5.13 Å². The molecule has 1 heterocycles. The molecule has 1 aromatic rings. The molecule has 3 unspecified atom stereocenters. The molecule has 0 aromatic carbocycles. The second-order valence-electron chi connectivity index (χ2n) is 10.6. The number of ketones is 1. The van der Waals surface area contributed by atoms with Gasteiger partial charge >= 0.3 is 0 Å².